The van der Waals surface area contributed by atoms with E-state index >= 15 is 0 Å². The molecule has 34 heavy (non-hydrogen) atoms. The van der Waals surface area contributed by atoms with E-state index in [0.717, 1.165) is 32.7 Å². The Bertz CT molecular complexity index is 1210. The number of hydrogen-bond donors (Lipinski definition) is 2. The number of carboxylic acid groups (broad SMARTS) is 1. The second-order valence-electron chi connectivity index (χ2n) is 8.29. The molecule has 3 aromatic carbocycles. The van der Waals surface area contributed by atoms with Crippen LogP contribution in [0.25, 0.3) is 16.7 Å². The minimum atomic E-state index is -1.08. The predicted molar refractivity (Wildman–Crippen MR) is 139 cm³/mol. The molecule has 0 atom stereocenters. The number of carboxylic acids is 1. The SMILES string of the molecule is Cc1cc(SC/C=C(\C#CC(C)(C)O)c2ccc(-c3ccccc3)cc2)ccc1OCC(=O)O. The van der Waals surface area contributed by atoms with Gasteiger partial charge in [0, 0.05) is 16.2 Å². The van der Waals surface area contributed by atoms with Gasteiger partial charge in [-0.15, -0.1) is 11.8 Å². The van der Waals surface area contributed by atoms with Crippen molar-refractivity contribution in [1.82, 2.24) is 0 Å². The van der Waals surface area contributed by atoms with E-state index in [4.69, 9.17) is 9.84 Å². The van der Waals surface area contributed by atoms with Crippen LogP contribution in [0.5, 0.6) is 5.75 Å². The van der Waals surface area contributed by atoms with Crippen LogP contribution >= 0.6 is 11.8 Å². The van der Waals surface area contributed by atoms with Crippen molar-refractivity contribution in [2.75, 3.05) is 12.4 Å². The summed E-state index contributed by atoms with van der Waals surface area (Å²) in [6, 6.07) is 24.2. The fraction of sp³-hybridized carbons (Fsp3) is 0.207. The van der Waals surface area contributed by atoms with E-state index in [2.05, 4.69) is 54.3 Å². The zero-order valence-corrected chi connectivity index (χ0v) is 20.4. The summed E-state index contributed by atoms with van der Waals surface area (Å²) in [5, 5.41) is 18.9. The highest BCUT2D eigenvalue weighted by molar-refractivity contribution is 7.99. The number of allylic oxidation sites excluding steroid dienone is 1. The molecular formula is C29H28O4S. The lowest BCUT2D eigenvalue weighted by Gasteiger charge is -2.09. The Hall–Kier alpha value is -3.46. The van der Waals surface area contributed by atoms with Crippen molar-refractivity contribution in [2.24, 2.45) is 0 Å². The van der Waals surface area contributed by atoms with Gasteiger partial charge in [0.15, 0.2) is 6.61 Å². The van der Waals surface area contributed by atoms with Gasteiger partial charge >= 0.3 is 5.97 Å². The summed E-state index contributed by atoms with van der Waals surface area (Å²) < 4.78 is 5.30. The first-order valence-corrected chi connectivity index (χ1v) is 11.9. The van der Waals surface area contributed by atoms with Gasteiger partial charge < -0.3 is 14.9 Å². The standard InChI is InChI=1S/C29H28O4S/c1-21-19-26(13-14-27(21)33-20-28(30)31)34-18-16-25(15-17-29(2,3)32)24-11-9-23(10-12-24)22-7-5-4-6-8-22/h4-14,16,19,32H,18,20H2,1-3H3,(H,30,31)/b25-16+. The minimum absolute atomic E-state index is 0.359. The maximum Gasteiger partial charge on any atom is 0.341 e. The second kappa shape index (κ2) is 11.6. The van der Waals surface area contributed by atoms with Crippen LogP contribution in [0.1, 0.15) is 25.0 Å². The smallest absolute Gasteiger partial charge is 0.341 e. The molecule has 0 fully saturated rings. The number of ether oxygens (including phenoxy) is 1. The number of benzene rings is 3. The fourth-order valence-corrected chi connectivity index (χ4v) is 4.04. The lowest BCUT2D eigenvalue weighted by Crippen LogP contribution is -2.14. The maximum atomic E-state index is 10.7. The van der Waals surface area contributed by atoms with Crippen molar-refractivity contribution < 1.29 is 19.7 Å². The first kappa shape index (κ1) is 25.2. The summed E-state index contributed by atoms with van der Waals surface area (Å²) >= 11 is 1.65. The Morgan fingerprint density at radius 1 is 1.03 bits per heavy atom. The van der Waals surface area contributed by atoms with Crippen molar-refractivity contribution >= 4 is 23.3 Å². The zero-order valence-electron chi connectivity index (χ0n) is 19.5. The molecule has 3 aromatic rings. The first-order chi connectivity index (χ1) is 16.2. The molecule has 5 heteroatoms. The van der Waals surface area contributed by atoms with Crippen LogP contribution in [-0.4, -0.2) is 34.1 Å². The van der Waals surface area contributed by atoms with Crippen LogP contribution in [0.2, 0.25) is 0 Å². The van der Waals surface area contributed by atoms with Gasteiger partial charge in [-0.05, 0) is 61.2 Å². The van der Waals surface area contributed by atoms with Gasteiger partial charge in [-0.25, -0.2) is 4.79 Å². The van der Waals surface area contributed by atoms with Gasteiger partial charge in [-0.2, -0.15) is 0 Å². The molecule has 0 unspecified atom stereocenters. The van der Waals surface area contributed by atoms with Crippen molar-refractivity contribution in [2.45, 2.75) is 31.3 Å². The molecule has 0 aromatic heterocycles. The molecule has 0 saturated carbocycles. The molecule has 0 aliphatic heterocycles. The number of carbonyl (C=O) groups is 1. The molecule has 4 nitrogen and oxygen atoms in total. The average Bonchev–Trinajstić information content (AvgIpc) is 2.80. The lowest BCUT2D eigenvalue weighted by molar-refractivity contribution is -0.139. The highest BCUT2D eigenvalue weighted by Gasteiger charge is 2.08. The highest BCUT2D eigenvalue weighted by Crippen LogP contribution is 2.27. The summed E-state index contributed by atoms with van der Waals surface area (Å²) in [4.78, 5) is 11.8. The molecule has 174 valence electrons. The van der Waals surface area contributed by atoms with Gasteiger partial charge in [0.05, 0.1) is 0 Å². The van der Waals surface area contributed by atoms with Crippen molar-refractivity contribution in [3.05, 3.63) is 90.0 Å². The number of thioether (sulfide) groups is 1. The number of aryl methyl sites for hydroxylation is 1. The van der Waals surface area contributed by atoms with E-state index in [9.17, 15) is 9.90 Å². The normalized spacial score (nSPS) is 11.5. The molecule has 0 spiro atoms. The first-order valence-electron chi connectivity index (χ1n) is 10.9. The number of aliphatic carboxylic acids is 1. The fourth-order valence-electron chi connectivity index (χ4n) is 3.17. The van der Waals surface area contributed by atoms with E-state index in [1.165, 1.54) is 0 Å². The molecule has 3 rings (SSSR count). The molecular weight excluding hydrogens is 444 g/mol. The third-order valence-electron chi connectivity index (χ3n) is 4.84. The maximum absolute atomic E-state index is 10.7. The van der Waals surface area contributed by atoms with Gasteiger partial charge in [-0.3, -0.25) is 0 Å². The van der Waals surface area contributed by atoms with Crippen LogP contribution in [-0.2, 0) is 4.79 Å². The van der Waals surface area contributed by atoms with Gasteiger partial charge in [0.1, 0.15) is 11.4 Å². The summed E-state index contributed by atoms with van der Waals surface area (Å²) in [5.41, 5.74) is 3.93. The predicted octanol–water partition coefficient (Wildman–Crippen LogP) is 6.08. The third kappa shape index (κ3) is 7.84. The van der Waals surface area contributed by atoms with Crippen LogP contribution in [0.3, 0.4) is 0 Å². The van der Waals surface area contributed by atoms with Crippen LogP contribution in [0, 0.1) is 18.8 Å². The number of rotatable bonds is 8. The second-order valence-corrected chi connectivity index (χ2v) is 9.38. The van der Waals surface area contributed by atoms with E-state index in [-0.39, 0.29) is 6.61 Å². The quantitative estimate of drug-likeness (QED) is 0.307. The van der Waals surface area contributed by atoms with E-state index in [1.807, 2.05) is 37.3 Å². The van der Waals surface area contributed by atoms with Crippen molar-refractivity contribution in [3.63, 3.8) is 0 Å². The average molecular weight is 473 g/mol. The van der Waals surface area contributed by atoms with E-state index in [1.54, 1.807) is 31.7 Å². The Kier molecular flexibility index (Phi) is 8.59. The lowest BCUT2D eigenvalue weighted by atomic mass is 10.00. The minimum Gasteiger partial charge on any atom is -0.482 e. The molecule has 0 amide bonds. The molecule has 0 saturated heterocycles. The third-order valence-corrected chi connectivity index (χ3v) is 5.76. The monoisotopic (exact) mass is 472 g/mol. The molecule has 0 aliphatic carbocycles. The van der Waals surface area contributed by atoms with Crippen LogP contribution < -0.4 is 4.74 Å². The Balaban J connectivity index is 1.77. The molecule has 0 bridgehead atoms. The van der Waals surface area contributed by atoms with Gasteiger partial charge in [0.2, 0.25) is 0 Å². The summed E-state index contributed by atoms with van der Waals surface area (Å²) in [6.07, 6.45) is 2.06. The summed E-state index contributed by atoms with van der Waals surface area (Å²) in [5.74, 6) is 6.31. The van der Waals surface area contributed by atoms with Gasteiger partial charge in [0.25, 0.3) is 0 Å². The van der Waals surface area contributed by atoms with E-state index in [0.29, 0.717) is 11.5 Å². The topological polar surface area (TPSA) is 66.8 Å². The molecule has 0 heterocycles. The summed E-state index contributed by atoms with van der Waals surface area (Å²) in [6.45, 7) is 4.87. The zero-order chi connectivity index (χ0) is 24.6. The Morgan fingerprint density at radius 2 is 1.71 bits per heavy atom. The van der Waals surface area contributed by atoms with Crippen LogP contribution in [0.4, 0.5) is 0 Å². The summed E-state index contributed by atoms with van der Waals surface area (Å²) in [7, 11) is 0. The molecule has 0 radical (unpaired) electrons. The molecule has 2 N–H and O–H groups in total. The molecule has 0 aliphatic rings. The Morgan fingerprint density at radius 3 is 2.32 bits per heavy atom. The van der Waals surface area contributed by atoms with Crippen LogP contribution in [0.15, 0.2) is 83.8 Å². The van der Waals surface area contributed by atoms with Crippen molar-refractivity contribution in [1.29, 1.82) is 0 Å². The number of aliphatic hydroxyl groups is 1. The highest BCUT2D eigenvalue weighted by atomic mass is 32.2. The van der Waals surface area contributed by atoms with Crippen molar-refractivity contribution in [3.8, 4) is 28.7 Å². The largest absolute Gasteiger partial charge is 0.482 e. The van der Waals surface area contributed by atoms with Gasteiger partial charge in [-0.1, -0.05) is 72.5 Å². The van der Waals surface area contributed by atoms with E-state index < -0.39 is 11.6 Å². The number of hydrogen-bond acceptors (Lipinski definition) is 4. The Labute approximate surface area is 205 Å².